The molecule has 3 aliphatic rings. The second kappa shape index (κ2) is 7.39. The number of nitrogens with zero attached hydrogens (tertiary/aromatic N) is 1. The van der Waals surface area contributed by atoms with Gasteiger partial charge in [-0.25, -0.2) is 0 Å². The van der Waals surface area contributed by atoms with E-state index in [4.69, 9.17) is 5.26 Å². The molecule has 3 heteroatoms. The summed E-state index contributed by atoms with van der Waals surface area (Å²) in [4.78, 5) is 1.41. The predicted molar refractivity (Wildman–Crippen MR) is 118 cm³/mol. The van der Waals surface area contributed by atoms with Crippen molar-refractivity contribution in [2.75, 3.05) is 0 Å². The summed E-state index contributed by atoms with van der Waals surface area (Å²) in [5.41, 5.74) is 3.98. The summed E-state index contributed by atoms with van der Waals surface area (Å²) in [6.45, 7) is 0. The second-order valence-electron chi connectivity index (χ2n) is 7.63. The third kappa shape index (κ3) is 3.30. The molecule has 1 aromatic heterocycles. The number of fused-ring (bicyclic) bond motifs is 3. The Morgan fingerprint density at radius 1 is 1.00 bits per heavy atom. The molecule has 5 rings (SSSR count). The molecule has 1 heterocycles. The van der Waals surface area contributed by atoms with Crippen LogP contribution in [0.3, 0.4) is 0 Å². The van der Waals surface area contributed by atoms with Gasteiger partial charge in [-0.05, 0) is 53.5 Å². The number of benzene rings is 1. The standard InChI is InChI=1S/C25H22N2S/c26-16-17-8-10-18(11-9-17)19-4-3-5-20(14-19)27-21-12-13-25-23(15-21)22-6-1-2-7-24(22)28-25/h1-4,6-8,10-14,17,20-21,27H,5,9,15H2. The van der Waals surface area contributed by atoms with Crippen LogP contribution in [0.25, 0.3) is 16.2 Å². The smallest absolute Gasteiger partial charge is 0.0700 e. The van der Waals surface area contributed by atoms with E-state index in [2.05, 4.69) is 78.2 Å². The number of rotatable bonds is 3. The molecule has 28 heavy (non-hydrogen) atoms. The van der Waals surface area contributed by atoms with Gasteiger partial charge >= 0.3 is 0 Å². The summed E-state index contributed by atoms with van der Waals surface area (Å²) < 4.78 is 1.38. The number of allylic oxidation sites excluding steroid dienone is 6. The Labute approximate surface area is 169 Å². The molecule has 3 unspecified atom stereocenters. The fourth-order valence-corrected chi connectivity index (χ4v) is 5.41. The molecule has 0 bridgehead atoms. The maximum Gasteiger partial charge on any atom is 0.0700 e. The molecule has 0 saturated carbocycles. The molecular formula is C25H22N2S. The topological polar surface area (TPSA) is 35.8 Å². The van der Waals surface area contributed by atoms with Crippen LogP contribution >= 0.6 is 11.3 Å². The SMILES string of the molecule is N#CC1C=CC(C2=CC(NC3C=Cc4sc5ccccc5c4C3)CC=C2)=CC1. The fraction of sp³-hybridized carbons (Fsp3) is 0.240. The van der Waals surface area contributed by atoms with Crippen LogP contribution in [-0.4, -0.2) is 12.1 Å². The molecule has 0 radical (unpaired) electrons. The van der Waals surface area contributed by atoms with Gasteiger partial charge in [0.25, 0.3) is 0 Å². The van der Waals surface area contributed by atoms with Crippen molar-refractivity contribution in [3.05, 3.63) is 88.4 Å². The van der Waals surface area contributed by atoms with E-state index in [1.54, 1.807) is 0 Å². The zero-order valence-corrected chi connectivity index (χ0v) is 16.5. The maximum absolute atomic E-state index is 9.06. The van der Waals surface area contributed by atoms with E-state index in [0.717, 1.165) is 19.3 Å². The van der Waals surface area contributed by atoms with E-state index in [1.807, 2.05) is 17.4 Å². The van der Waals surface area contributed by atoms with Crippen LogP contribution in [0, 0.1) is 17.2 Å². The Balaban J connectivity index is 1.31. The lowest BCUT2D eigenvalue weighted by Crippen LogP contribution is -2.38. The molecule has 3 atom stereocenters. The van der Waals surface area contributed by atoms with E-state index in [0.29, 0.717) is 12.1 Å². The molecule has 0 fully saturated rings. The zero-order chi connectivity index (χ0) is 18.9. The van der Waals surface area contributed by atoms with E-state index >= 15 is 0 Å². The minimum absolute atomic E-state index is 0.0212. The average molecular weight is 383 g/mol. The molecule has 2 nitrogen and oxygen atoms in total. The van der Waals surface area contributed by atoms with Gasteiger partial charge in [0.1, 0.15) is 0 Å². The van der Waals surface area contributed by atoms with Gasteiger partial charge < -0.3 is 5.32 Å². The van der Waals surface area contributed by atoms with E-state index < -0.39 is 0 Å². The van der Waals surface area contributed by atoms with Crippen LogP contribution in [0.5, 0.6) is 0 Å². The minimum atomic E-state index is 0.0212. The van der Waals surface area contributed by atoms with Gasteiger partial charge in [-0.3, -0.25) is 0 Å². The molecule has 1 N–H and O–H groups in total. The van der Waals surface area contributed by atoms with Crippen molar-refractivity contribution in [3.8, 4) is 6.07 Å². The lowest BCUT2D eigenvalue weighted by Gasteiger charge is -2.26. The Hall–Kier alpha value is -2.67. The first-order valence-electron chi connectivity index (χ1n) is 9.91. The highest BCUT2D eigenvalue weighted by Crippen LogP contribution is 2.35. The lowest BCUT2D eigenvalue weighted by molar-refractivity contribution is 0.525. The average Bonchev–Trinajstić information content (AvgIpc) is 3.12. The molecule has 0 amide bonds. The summed E-state index contributed by atoms with van der Waals surface area (Å²) in [6.07, 6.45) is 20.6. The van der Waals surface area contributed by atoms with Crippen molar-refractivity contribution in [2.24, 2.45) is 5.92 Å². The molecular weight excluding hydrogens is 360 g/mol. The lowest BCUT2D eigenvalue weighted by atomic mass is 9.89. The molecule has 2 aromatic rings. The zero-order valence-electron chi connectivity index (χ0n) is 15.6. The maximum atomic E-state index is 9.06. The summed E-state index contributed by atoms with van der Waals surface area (Å²) in [6, 6.07) is 11.7. The highest BCUT2D eigenvalue weighted by Gasteiger charge is 2.21. The largest absolute Gasteiger partial charge is 0.304 e. The number of hydrogen-bond acceptors (Lipinski definition) is 3. The Morgan fingerprint density at radius 2 is 1.93 bits per heavy atom. The number of nitrogens with one attached hydrogen (secondary N) is 1. The van der Waals surface area contributed by atoms with Gasteiger partial charge in [0, 0.05) is 21.7 Å². The third-order valence-corrected chi connectivity index (χ3v) is 6.91. The van der Waals surface area contributed by atoms with Crippen LogP contribution in [0.4, 0.5) is 0 Å². The van der Waals surface area contributed by atoms with Crippen LogP contribution in [0.15, 0.2) is 77.9 Å². The molecule has 1 aromatic carbocycles. The number of hydrogen-bond donors (Lipinski definition) is 1. The quantitative estimate of drug-likeness (QED) is 0.738. The van der Waals surface area contributed by atoms with Crippen LogP contribution in [0.2, 0.25) is 0 Å². The minimum Gasteiger partial charge on any atom is -0.304 e. The molecule has 0 saturated heterocycles. The normalized spacial score (nSPS) is 25.9. The van der Waals surface area contributed by atoms with Gasteiger partial charge in [0.15, 0.2) is 0 Å². The van der Waals surface area contributed by atoms with Gasteiger partial charge in [-0.15, -0.1) is 11.3 Å². The van der Waals surface area contributed by atoms with Gasteiger partial charge in [0.2, 0.25) is 0 Å². The first-order chi connectivity index (χ1) is 13.8. The summed E-state index contributed by atoms with van der Waals surface area (Å²) >= 11 is 1.89. The number of nitriles is 1. The molecule has 0 aliphatic heterocycles. The summed E-state index contributed by atoms with van der Waals surface area (Å²) in [7, 11) is 0. The van der Waals surface area contributed by atoms with E-state index in [-0.39, 0.29) is 5.92 Å². The van der Waals surface area contributed by atoms with Crippen molar-refractivity contribution >= 4 is 27.5 Å². The van der Waals surface area contributed by atoms with Crippen molar-refractivity contribution in [3.63, 3.8) is 0 Å². The monoisotopic (exact) mass is 382 g/mol. The fourth-order valence-electron chi connectivity index (χ4n) is 4.26. The Morgan fingerprint density at radius 3 is 2.79 bits per heavy atom. The molecule has 3 aliphatic carbocycles. The first kappa shape index (κ1) is 17.4. The first-order valence-corrected chi connectivity index (χ1v) is 10.7. The van der Waals surface area contributed by atoms with Gasteiger partial charge in [-0.1, -0.05) is 60.7 Å². The number of thiophene rings is 1. The van der Waals surface area contributed by atoms with Gasteiger partial charge in [-0.2, -0.15) is 5.26 Å². The van der Waals surface area contributed by atoms with Crippen LogP contribution in [0.1, 0.15) is 23.3 Å². The highest BCUT2D eigenvalue weighted by molar-refractivity contribution is 7.20. The van der Waals surface area contributed by atoms with Crippen LogP contribution < -0.4 is 5.32 Å². The third-order valence-electron chi connectivity index (χ3n) is 5.73. The van der Waals surface area contributed by atoms with E-state index in [1.165, 1.54) is 31.7 Å². The molecule has 138 valence electrons. The second-order valence-corrected chi connectivity index (χ2v) is 8.72. The Bertz CT molecular complexity index is 1100. The predicted octanol–water partition coefficient (Wildman–Crippen LogP) is 5.71. The molecule has 0 spiro atoms. The van der Waals surface area contributed by atoms with E-state index in [9.17, 15) is 0 Å². The summed E-state index contributed by atoms with van der Waals surface area (Å²) in [5, 5.41) is 14.3. The van der Waals surface area contributed by atoms with Crippen LogP contribution in [-0.2, 0) is 6.42 Å². The van der Waals surface area contributed by atoms with Crippen molar-refractivity contribution in [1.82, 2.24) is 5.32 Å². The highest BCUT2D eigenvalue weighted by atomic mass is 32.1. The summed E-state index contributed by atoms with van der Waals surface area (Å²) in [5.74, 6) is 0.0212. The Kier molecular flexibility index (Phi) is 4.60. The van der Waals surface area contributed by atoms with Crippen molar-refractivity contribution in [1.29, 1.82) is 5.26 Å². The van der Waals surface area contributed by atoms with Gasteiger partial charge in [0.05, 0.1) is 12.0 Å². The van der Waals surface area contributed by atoms with Crippen molar-refractivity contribution < 1.29 is 0 Å². The van der Waals surface area contributed by atoms with Crippen molar-refractivity contribution in [2.45, 2.75) is 31.3 Å².